The molecule has 0 aliphatic carbocycles. The number of anilines is 1. The Hall–Kier alpha value is -1.85. The Kier molecular flexibility index (Phi) is 5.21. The minimum Gasteiger partial charge on any atom is -0.364 e. The van der Waals surface area contributed by atoms with Crippen LogP contribution in [0.3, 0.4) is 0 Å². The lowest BCUT2D eigenvalue weighted by Crippen LogP contribution is -2.26. The Bertz CT molecular complexity index is 682. The van der Waals surface area contributed by atoms with Crippen molar-refractivity contribution in [3.8, 4) is 11.3 Å². The number of primary amides is 1. The lowest BCUT2D eigenvalue weighted by atomic mass is 10.1. The molecule has 0 fully saturated rings. The largest absolute Gasteiger partial charge is 0.364 e. The molecule has 2 N–H and O–H groups in total. The van der Waals surface area contributed by atoms with Gasteiger partial charge >= 0.3 is 0 Å². The molecule has 0 radical (unpaired) electrons. The van der Waals surface area contributed by atoms with Gasteiger partial charge in [0.25, 0.3) is 5.91 Å². The van der Waals surface area contributed by atoms with Crippen molar-refractivity contribution in [1.82, 2.24) is 9.97 Å². The topological polar surface area (TPSA) is 72.1 Å². The van der Waals surface area contributed by atoms with Crippen LogP contribution in [-0.2, 0) is 0 Å². The van der Waals surface area contributed by atoms with Gasteiger partial charge < -0.3 is 10.6 Å². The van der Waals surface area contributed by atoms with Gasteiger partial charge in [0.1, 0.15) is 5.69 Å². The summed E-state index contributed by atoms with van der Waals surface area (Å²) in [4.78, 5) is 22.2. The van der Waals surface area contributed by atoms with Crippen LogP contribution in [0.25, 0.3) is 11.3 Å². The molecule has 0 saturated heterocycles. The molecule has 0 saturated carbocycles. The Morgan fingerprint density at radius 2 is 1.68 bits per heavy atom. The average Bonchev–Trinajstić information content (AvgIpc) is 2.47. The minimum atomic E-state index is -0.606. The van der Waals surface area contributed by atoms with E-state index < -0.39 is 5.91 Å². The summed E-state index contributed by atoms with van der Waals surface area (Å²) in [6, 6.07) is 6.63. The van der Waals surface area contributed by atoms with E-state index in [0.717, 1.165) is 0 Å². The van der Waals surface area contributed by atoms with Gasteiger partial charge in [0.15, 0.2) is 0 Å². The highest BCUT2D eigenvalue weighted by molar-refractivity contribution is 6.35. The summed E-state index contributed by atoms with van der Waals surface area (Å²) in [6.45, 7) is 5.41. The second-order valence-electron chi connectivity index (χ2n) is 4.63. The number of halogens is 2. The fourth-order valence-corrected chi connectivity index (χ4v) is 2.58. The van der Waals surface area contributed by atoms with Gasteiger partial charge in [0.05, 0.1) is 5.69 Å². The van der Waals surface area contributed by atoms with Crippen molar-refractivity contribution >= 4 is 35.1 Å². The van der Waals surface area contributed by atoms with Crippen LogP contribution in [0.15, 0.2) is 24.3 Å². The number of carbonyl (C=O) groups is 1. The minimum absolute atomic E-state index is 0.156. The van der Waals surface area contributed by atoms with Gasteiger partial charge in [-0.2, -0.15) is 0 Å². The molecule has 2 aromatic rings. The highest BCUT2D eigenvalue weighted by Gasteiger charge is 2.14. The molecule has 116 valence electrons. The van der Waals surface area contributed by atoms with Crippen LogP contribution in [0.1, 0.15) is 24.3 Å². The van der Waals surface area contributed by atoms with E-state index in [1.54, 1.807) is 18.2 Å². The van der Waals surface area contributed by atoms with E-state index in [9.17, 15) is 4.79 Å². The molecule has 0 spiro atoms. The summed E-state index contributed by atoms with van der Waals surface area (Å²) in [5.41, 5.74) is 6.78. The van der Waals surface area contributed by atoms with E-state index in [1.165, 1.54) is 6.07 Å². The van der Waals surface area contributed by atoms with E-state index in [-0.39, 0.29) is 5.69 Å². The summed E-state index contributed by atoms with van der Waals surface area (Å²) in [5, 5.41) is 0.984. The molecule has 5 nitrogen and oxygen atoms in total. The third-order valence-electron chi connectivity index (χ3n) is 3.17. The van der Waals surface area contributed by atoms with Crippen molar-refractivity contribution in [3.05, 3.63) is 40.0 Å². The first-order valence-electron chi connectivity index (χ1n) is 6.84. The number of rotatable bonds is 5. The lowest BCUT2D eigenvalue weighted by Gasteiger charge is -2.19. The maximum absolute atomic E-state index is 11.5. The van der Waals surface area contributed by atoms with Gasteiger partial charge in [0.2, 0.25) is 5.95 Å². The first-order chi connectivity index (χ1) is 10.4. The van der Waals surface area contributed by atoms with Crippen LogP contribution in [0, 0.1) is 0 Å². The Balaban J connectivity index is 2.61. The molecule has 0 aliphatic heterocycles. The number of benzene rings is 1. The van der Waals surface area contributed by atoms with Crippen molar-refractivity contribution in [2.45, 2.75) is 13.8 Å². The monoisotopic (exact) mass is 338 g/mol. The Morgan fingerprint density at radius 3 is 2.18 bits per heavy atom. The number of carbonyl (C=O) groups excluding carboxylic acids is 1. The average molecular weight is 339 g/mol. The van der Waals surface area contributed by atoms with Gasteiger partial charge in [-0.15, -0.1) is 0 Å². The van der Waals surface area contributed by atoms with E-state index in [4.69, 9.17) is 28.9 Å². The highest BCUT2D eigenvalue weighted by atomic mass is 35.5. The fourth-order valence-electron chi connectivity index (χ4n) is 2.06. The van der Waals surface area contributed by atoms with Crippen molar-refractivity contribution in [3.63, 3.8) is 0 Å². The zero-order chi connectivity index (χ0) is 16.3. The maximum atomic E-state index is 11.5. The molecule has 7 heteroatoms. The lowest BCUT2D eigenvalue weighted by molar-refractivity contribution is 0.0995. The fraction of sp³-hybridized carbons (Fsp3) is 0.267. The van der Waals surface area contributed by atoms with Crippen LogP contribution in [-0.4, -0.2) is 29.0 Å². The van der Waals surface area contributed by atoms with E-state index in [1.807, 2.05) is 18.7 Å². The Morgan fingerprint density at radius 1 is 1.09 bits per heavy atom. The number of aromatic nitrogens is 2. The van der Waals surface area contributed by atoms with E-state index in [0.29, 0.717) is 40.3 Å². The summed E-state index contributed by atoms with van der Waals surface area (Å²) in [6.07, 6.45) is 0. The molecule has 0 unspecified atom stereocenters. The van der Waals surface area contributed by atoms with Gasteiger partial charge in [-0.3, -0.25) is 4.79 Å². The number of amides is 1. The van der Waals surface area contributed by atoms with Gasteiger partial charge in [-0.05, 0) is 38.1 Å². The second-order valence-corrected chi connectivity index (χ2v) is 5.51. The van der Waals surface area contributed by atoms with Gasteiger partial charge in [0, 0.05) is 28.7 Å². The molecular formula is C15H16Cl2N4O. The van der Waals surface area contributed by atoms with Crippen LogP contribution >= 0.6 is 23.2 Å². The smallest absolute Gasteiger partial charge is 0.267 e. The zero-order valence-corrected chi connectivity index (χ0v) is 13.8. The van der Waals surface area contributed by atoms with Crippen LogP contribution in [0.5, 0.6) is 0 Å². The number of nitrogens with zero attached hydrogens (tertiary/aromatic N) is 3. The van der Waals surface area contributed by atoms with Crippen LogP contribution < -0.4 is 10.6 Å². The van der Waals surface area contributed by atoms with Crippen LogP contribution in [0.4, 0.5) is 5.95 Å². The molecule has 1 heterocycles. The SMILES string of the molecule is CCN(CC)c1nc(C(N)=O)cc(-c2cc(Cl)cc(Cl)c2)n1. The second kappa shape index (κ2) is 6.94. The molecule has 1 aromatic carbocycles. The predicted molar refractivity (Wildman–Crippen MR) is 89.6 cm³/mol. The third kappa shape index (κ3) is 3.67. The Labute approximate surface area is 139 Å². The molecule has 2 rings (SSSR count). The van der Waals surface area contributed by atoms with Crippen LogP contribution in [0.2, 0.25) is 10.0 Å². The molecule has 0 aliphatic rings. The van der Waals surface area contributed by atoms with E-state index >= 15 is 0 Å². The summed E-state index contributed by atoms with van der Waals surface area (Å²) in [7, 11) is 0. The molecular weight excluding hydrogens is 323 g/mol. The normalized spacial score (nSPS) is 10.5. The van der Waals surface area contributed by atoms with Gasteiger partial charge in [-0.25, -0.2) is 9.97 Å². The predicted octanol–water partition coefficient (Wildman–Crippen LogP) is 3.40. The maximum Gasteiger partial charge on any atom is 0.267 e. The van der Waals surface area contributed by atoms with E-state index in [2.05, 4.69) is 9.97 Å². The number of hydrogen-bond acceptors (Lipinski definition) is 4. The summed E-state index contributed by atoms with van der Waals surface area (Å²) >= 11 is 12.1. The first-order valence-corrected chi connectivity index (χ1v) is 7.60. The quantitative estimate of drug-likeness (QED) is 0.906. The molecule has 1 aromatic heterocycles. The number of hydrogen-bond donors (Lipinski definition) is 1. The third-order valence-corrected chi connectivity index (χ3v) is 3.61. The van der Waals surface area contributed by atoms with Crippen molar-refractivity contribution < 1.29 is 4.79 Å². The van der Waals surface area contributed by atoms with Crippen molar-refractivity contribution in [2.75, 3.05) is 18.0 Å². The molecule has 22 heavy (non-hydrogen) atoms. The molecule has 0 bridgehead atoms. The molecule has 0 atom stereocenters. The first kappa shape index (κ1) is 16.5. The molecule has 1 amide bonds. The summed E-state index contributed by atoms with van der Waals surface area (Å²) < 4.78 is 0. The number of nitrogens with two attached hydrogens (primary N) is 1. The highest BCUT2D eigenvalue weighted by Crippen LogP contribution is 2.27. The zero-order valence-electron chi connectivity index (χ0n) is 12.3. The standard InChI is InChI=1S/C15H16Cl2N4O/c1-3-21(4-2)15-19-12(8-13(20-15)14(18)22)9-5-10(16)7-11(17)6-9/h5-8H,3-4H2,1-2H3,(H2,18,22). The van der Waals surface area contributed by atoms with Crippen molar-refractivity contribution in [2.24, 2.45) is 5.73 Å². The summed E-state index contributed by atoms with van der Waals surface area (Å²) in [5.74, 6) is -0.155. The van der Waals surface area contributed by atoms with Crippen molar-refractivity contribution in [1.29, 1.82) is 0 Å². The van der Waals surface area contributed by atoms with Gasteiger partial charge in [-0.1, -0.05) is 23.2 Å².